The third kappa shape index (κ3) is 4.20. The molecule has 2 rings (SSSR count). The second-order valence-corrected chi connectivity index (χ2v) is 5.29. The zero-order valence-electron chi connectivity index (χ0n) is 11.0. The number of aryl methyl sites for hydroxylation is 1. The highest BCUT2D eigenvalue weighted by Crippen LogP contribution is 2.37. The van der Waals surface area contributed by atoms with Crippen LogP contribution < -0.4 is 5.32 Å². The van der Waals surface area contributed by atoms with E-state index >= 15 is 0 Å². The molecule has 0 saturated heterocycles. The monoisotopic (exact) mass is 272 g/mol. The van der Waals surface area contributed by atoms with Gasteiger partial charge in [-0.2, -0.15) is 13.2 Å². The van der Waals surface area contributed by atoms with Gasteiger partial charge in [0.2, 0.25) is 0 Å². The molecule has 0 aliphatic heterocycles. The molecule has 0 amide bonds. The first-order chi connectivity index (χ1) is 8.95. The molecule has 2 nitrogen and oxygen atoms in total. The topological polar surface area (TPSA) is 24.9 Å². The predicted octanol–water partition coefficient (Wildman–Crippen LogP) is 3.60. The van der Waals surface area contributed by atoms with E-state index < -0.39 is 12.1 Å². The lowest BCUT2D eigenvalue weighted by Crippen LogP contribution is -2.38. The zero-order valence-corrected chi connectivity index (χ0v) is 11.0. The molecule has 106 valence electrons. The van der Waals surface area contributed by atoms with Crippen LogP contribution in [-0.4, -0.2) is 17.2 Å². The Bertz CT molecular complexity index is 400. The molecule has 1 aliphatic carbocycles. The Morgan fingerprint density at radius 2 is 2.11 bits per heavy atom. The predicted molar refractivity (Wildman–Crippen MR) is 67.6 cm³/mol. The Morgan fingerprint density at radius 3 is 2.74 bits per heavy atom. The quantitative estimate of drug-likeness (QED) is 0.909. The van der Waals surface area contributed by atoms with Crippen LogP contribution in [0.25, 0.3) is 0 Å². The van der Waals surface area contributed by atoms with Crippen molar-refractivity contribution >= 4 is 0 Å². The minimum atomic E-state index is -4.05. The van der Waals surface area contributed by atoms with E-state index in [4.69, 9.17) is 0 Å². The van der Waals surface area contributed by atoms with Crippen molar-refractivity contribution in [1.29, 1.82) is 0 Å². The Labute approximate surface area is 111 Å². The van der Waals surface area contributed by atoms with E-state index in [0.29, 0.717) is 13.0 Å². The van der Waals surface area contributed by atoms with Gasteiger partial charge in [-0.1, -0.05) is 12.5 Å². The summed E-state index contributed by atoms with van der Waals surface area (Å²) in [6.07, 6.45) is -0.339. The van der Waals surface area contributed by atoms with Crippen LogP contribution in [0.4, 0.5) is 13.2 Å². The molecule has 1 aromatic rings. The highest BCUT2D eigenvalue weighted by molar-refractivity contribution is 5.12. The van der Waals surface area contributed by atoms with Gasteiger partial charge in [-0.05, 0) is 37.8 Å². The van der Waals surface area contributed by atoms with Gasteiger partial charge in [0.25, 0.3) is 0 Å². The van der Waals surface area contributed by atoms with Crippen LogP contribution in [0.15, 0.2) is 18.3 Å². The summed E-state index contributed by atoms with van der Waals surface area (Å²) in [5.74, 6) is -1.14. The maximum Gasteiger partial charge on any atom is 0.391 e. The summed E-state index contributed by atoms with van der Waals surface area (Å²) >= 11 is 0. The first kappa shape index (κ1) is 14.3. The summed E-state index contributed by atoms with van der Waals surface area (Å²) in [5.41, 5.74) is 1.96. The molecule has 1 heterocycles. The van der Waals surface area contributed by atoms with Crippen molar-refractivity contribution in [2.75, 3.05) is 0 Å². The maximum atomic E-state index is 12.7. The lowest BCUT2D eigenvalue weighted by Gasteiger charge is -2.31. The number of halogens is 3. The van der Waals surface area contributed by atoms with Gasteiger partial charge in [0.05, 0.1) is 5.92 Å². The maximum absolute atomic E-state index is 12.7. The SMILES string of the molecule is Cc1ccc(CNC2CCCC(C(F)(F)F)C2)cn1. The van der Waals surface area contributed by atoms with E-state index in [2.05, 4.69) is 10.3 Å². The third-order valence-electron chi connectivity index (χ3n) is 3.70. The Kier molecular flexibility index (Phi) is 4.45. The standard InChI is InChI=1S/C14H19F3N2/c1-10-5-6-11(8-18-10)9-19-13-4-2-3-12(7-13)14(15,16)17/h5-6,8,12-13,19H,2-4,7,9H2,1H3. The Balaban J connectivity index is 1.84. The molecular weight excluding hydrogens is 253 g/mol. The summed E-state index contributed by atoms with van der Waals surface area (Å²) in [6, 6.07) is 3.83. The van der Waals surface area contributed by atoms with Crippen molar-refractivity contribution < 1.29 is 13.2 Å². The van der Waals surface area contributed by atoms with Gasteiger partial charge >= 0.3 is 6.18 Å². The molecule has 5 heteroatoms. The van der Waals surface area contributed by atoms with E-state index in [0.717, 1.165) is 17.7 Å². The highest BCUT2D eigenvalue weighted by Gasteiger charge is 2.41. The third-order valence-corrected chi connectivity index (χ3v) is 3.70. The lowest BCUT2D eigenvalue weighted by molar-refractivity contribution is -0.183. The summed E-state index contributed by atoms with van der Waals surface area (Å²) in [5, 5.41) is 3.22. The minimum Gasteiger partial charge on any atom is -0.310 e. The van der Waals surface area contributed by atoms with Gasteiger partial charge in [-0.15, -0.1) is 0 Å². The smallest absolute Gasteiger partial charge is 0.310 e. The second-order valence-electron chi connectivity index (χ2n) is 5.29. The Hall–Kier alpha value is -1.10. The number of nitrogens with one attached hydrogen (secondary N) is 1. The van der Waals surface area contributed by atoms with Crippen molar-refractivity contribution in [2.24, 2.45) is 5.92 Å². The molecule has 1 fully saturated rings. The molecule has 2 atom stereocenters. The van der Waals surface area contributed by atoms with E-state index in [9.17, 15) is 13.2 Å². The minimum absolute atomic E-state index is 0.0401. The number of hydrogen-bond donors (Lipinski definition) is 1. The van der Waals surface area contributed by atoms with Crippen LogP contribution in [0.3, 0.4) is 0 Å². The van der Waals surface area contributed by atoms with E-state index in [1.165, 1.54) is 0 Å². The lowest BCUT2D eigenvalue weighted by atomic mass is 9.85. The number of aromatic nitrogens is 1. The number of alkyl halides is 3. The van der Waals surface area contributed by atoms with Crippen LogP contribution in [0.1, 0.15) is 36.9 Å². The van der Waals surface area contributed by atoms with Gasteiger partial charge in [-0.25, -0.2) is 0 Å². The molecule has 1 aromatic heterocycles. The van der Waals surface area contributed by atoms with Gasteiger partial charge in [0.15, 0.2) is 0 Å². The fraction of sp³-hybridized carbons (Fsp3) is 0.643. The first-order valence-electron chi connectivity index (χ1n) is 6.67. The fourth-order valence-electron chi connectivity index (χ4n) is 2.54. The molecule has 0 bridgehead atoms. The molecule has 2 unspecified atom stereocenters. The van der Waals surface area contributed by atoms with Gasteiger partial charge in [-0.3, -0.25) is 4.98 Å². The number of rotatable bonds is 3. The van der Waals surface area contributed by atoms with Crippen LogP contribution >= 0.6 is 0 Å². The van der Waals surface area contributed by atoms with Crippen molar-refractivity contribution in [3.8, 4) is 0 Å². The van der Waals surface area contributed by atoms with Crippen LogP contribution in [-0.2, 0) is 6.54 Å². The number of pyridine rings is 1. The Morgan fingerprint density at radius 1 is 1.32 bits per heavy atom. The largest absolute Gasteiger partial charge is 0.391 e. The van der Waals surface area contributed by atoms with Crippen molar-refractivity contribution in [3.63, 3.8) is 0 Å². The van der Waals surface area contributed by atoms with Crippen LogP contribution in [0.2, 0.25) is 0 Å². The average Bonchev–Trinajstić information content (AvgIpc) is 2.37. The van der Waals surface area contributed by atoms with E-state index in [1.54, 1.807) is 6.20 Å². The number of nitrogens with zero attached hydrogens (tertiary/aromatic N) is 1. The summed E-state index contributed by atoms with van der Waals surface area (Å²) in [7, 11) is 0. The molecule has 19 heavy (non-hydrogen) atoms. The van der Waals surface area contributed by atoms with Gasteiger partial charge in [0.1, 0.15) is 0 Å². The van der Waals surface area contributed by atoms with Crippen molar-refractivity contribution in [3.05, 3.63) is 29.6 Å². The van der Waals surface area contributed by atoms with Gasteiger partial charge in [0, 0.05) is 24.5 Å². The zero-order chi connectivity index (χ0) is 13.9. The molecule has 0 radical (unpaired) electrons. The average molecular weight is 272 g/mol. The molecule has 0 aromatic carbocycles. The van der Waals surface area contributed by atoms with Crippen molar-refractivity contribution in [2.45, 2.75) is 51.4 Å². The van der Waals surface area contributed by atoms with Crippen LogP contribution in [0.5, 0.6) is 0 Å². The van der Waals surface area contributed by atoms with Crippen molar-refractivity contribution in [1.82, 2.24) is 10.3 Å². The normalized spacial score (nSPS) is 24.4. The van der Waals surface area contributed by atoms with Crippen LogP contribution in [0, 0.1) is 12.8 Å². The summed E-state index contributed by atoms with van der Waals surface area (Å²) in [6.45, 7) is 2.49. The molecule has 1 N–H and O–H groups in total. The summed E-state index contributed by atoms with van der Waals surface area (Å²) in [4.78, 5) is 4.18. The molecule has 1 saturated carbocycles. The highest BCUT2D eigenvalue weighted by atomic mass is 19.4. The molecular formula is C14H19F3N2. The first-order valence-corrected chi connectivity index (χ1v) is 6.67. The van der Waals surface area contributed by atoms with E-state index in [1.807, 2.05) is 19.1 Å². The second kappa shape index (κ2) is 5.90. The van der Waals surface area contributed by atoms with Gasteiger partial charge < -0.3 is 5.32 Å². The van der Waals surface area contributed by atoms with E-state index in [-0.39, 0.29) is 18.9 Å². The molecule has 1 aliphatic rings. The fourth-order valence-corrected chi connectivity index (χ4v) is 2.54. The summed E-state index contributed by atoms with van der Waals surface area (Å²) < 4.78 is 38.1. The molecule has 0 spiro atoms. The number of hydrogen-bond acceptors (Lipinski definition) is 2.